The van der Waals surface area contributed by atoms with E-state index >= 15 is 0 Å². The predicted molar refractivity (Wildman–Crippen MR) is 113 cm³/mol. The molecule has 6 nitrogen and oxygen atoms in total. The summed E-state index contributed by atoms with van der Waals surface area (Å²) in [6.45, 7) is 1.26. The second kappa shape index (κ2) is 9.71. The Morgan fingerprint density at radius 3 is 2.43 bits per heavy atom. The van der Waals surface area contributed by atoms with Crippen LogP contribution >= 0.6 is 0 Å². The van der Waals surface area contributed by atoms with Crippen molar-refractivity contribution in [2.45, 2.75) is 25.6 Å². The van der Waals surface area contributed by atoms with Crippen molar-refractivity contribution in [2.24, 2.45) is 0 Å². The molecule has 3 rings (SSSR count). The van der Waals surface area contributed by atoms with Gasteiger partial charge in [0, 0.05) is 47.1 Å². The summed E-state index contributed by atoms with van der Waals surface area (Å²) >= 11 is 0. The van der Waals surface area contributed by atoms with Gasteiger partial charge in [0.25, 0.3) is 0 Å². The Balaban J connectivity index is 1.45. The Morgan fingerprint density at radius 1 is 1.14 bits per heavy atom. The minimum absolute atomic E-state index is 0.242. The molecule has 0 radical (unpaired) electrons. The van der Waals surface area contributed by atoms with Crippen molar-refractivity contribution < 1.29 is 13.7 Å². The summed E-state index contributed by atoms with van der Waals surface area (Å²) in [5, 5.41) is 5.69. The van der Waals surface area contributed by atoms with Gasteiger partial charge in [-0.3, -0.25) is 9.11 Å². The van der Waals surface area contributed by atoms with Crippen LogP contribution in [0.1, 0.15) is 17.5 Å². The van der Waals surface area contributed by atoms with Gasteiger partial charge in [-0.2, -0.15) is 0 Å². The van der Waals surface area contributed by atoms with Gasteiger partial charge in [0.2, 0.25) is 0 Å². The number of urea groups is 1. The molecule has 0 aromatic heterocycles. The van der Waals surface area contributed by atoms with E-state index in [-0.39, 0.29) is 6.03 Å². The highest BCUT2D eigenvalue weighted by Gasteiger charge is 2.24. The van der Waals surface area contributed by atoms with Crippen LogP contribution in [0, 0.1) is 0 Å². The zero-order chi connectivity index (χ0) is 19.9. The van der Waals surface area contributed by atoms with Crippen LogP contribution in [0.5, 0.6) is 5.75 Å². The number of nitrogens with one attached hydrogen (secondary N) is 2. The fourth-order valence-electron chi connectivity index (χ4n) is 3.21. The Bertz CT molecular complexity index is 809. The van der Waals surface area contributed by atoms with Crippen LogP contribution in [0.25, 0.3) is 0 Å². The summed E-state index contributed by atoms with van der Waals surface area (Å²) in [6.07, 6.45) is 0.997. The van der Waals surface area contributed by atoms with E-state index < -0.39 is 10.8 Å². The van der Waals surface area contributed by atoms with Gasteiger partial charge in [-0.1, -0.05) is 24.3 Å². The monoisotopic (exact) mass is 401 g/mol. The summed E-state index contributed by atoms with van der Waals surface area (Å²) in [5.41, 5.74) is 2.92. The van der Waals surface area contributed by atoms with Gasteiger partial charge in [0.1, 0.15) is 5.75 Å². The number of carbonyl (C=O) groups is 1. The first-order valence-corrected chi connectivity index (χ1v) is 10.8. The number of hydrogen-bond donors (Lipinski definition) is 2. The molecule has 2 atom stereocenters. The van der Waals surface area contributed by atoms with E-state index in [9.17, 15) is 9.00 Å². The van der Waals surface area contributed by atoms with E-state index in [1.165, 1.54) is 5.56 Å². The number of ether oxygens (including phenoxy) is 1. The number of methoxy groups -OCH3 is 1. The first kappa shape index (κ1) is 20.4. The van der Waals surface area contributed by atoms with Gasteiger partial charge in [0.05, 0.1) is 7.11 Å². The number of benzene rings is 2. The molecule has 7 heteroatoms. The smallest absolute Gasteiger partial charge is 0.319 e. The average Bonchev–Trinajstić information content (AvgIpc) is 3.15. The molecule has 1 aliphatic rings. The number of nitrogens with zero attached hydrogens (tertiary/aromatic N) is 1. The molecule has 2 unspecified atom stereocenters. The zero-order valence-corrected chi connectivity index (χ0v) is 17.1. The Labute approximate surface area is 168 Å². The van der Waals surface area contributed by atoms with Crippen LogP contribution in [0.15, 0.2) is 48.5 Å². The summed E-state index contributed by atoms with van der Waals surface area (Å²) in [5.74, 6) is 2.37. The lowest BCUT2D eigenvalue weighted by Crippen LogP contribution is -2.31. The van der Waals surface area contributed by atoms with Gasteiger partial charge in [0.15, 0.2) is 0 Å². The van der Waals surface area contributed by atoms with Crippen LogP contribution in [-0.4, -0.2) is 46.8 Å². The van der Waals surface area contributed by atoms with E-state index in [4.69, 9.17) is 4.74 Å². The van der Waals surface area contributed by atoms with Gasteiger partial charge < -0.3 is 15.4 Å². The topological polar surface area (TPSA) is 70.7 Å². The van der Waals surface area contributed by atoms with Gasteiger partial charge in [-0.05, 0) is 48.9 Å². The van der Waals surface area contributed by atoms with Crippen molar-refractivity contribution in [1.29, 1.82) is 0 Å². The molecule has 28 heavy (non-hydrogen) atoms. The quantitative estimate of drug-likeness (QED) is 0.748. The SMILES string of the molecule is COc1ccc(CNC(=O)Nc2ccc(CN(C)C3CCS(=O)C3)cc2)cc1. The first-order valence-electron chi connectivity index (χ1n) is 9.35. The zero-order valence-electron chi connectivity index (χ0n) is 16.3. The summed E-state index contributed by atoms with van der Waals surface area (Å²) in [4.78, 5) is 14.4. The molecular formula is C21H27N3O3S. The van der Waals surface area contributed by atoms with Crippen LogP contribution < -0.4 is 15.4 Å². The van der Waals surface area contributed by atoms with Crippen molar-refractivity contribution in [2.75, 3.05) is 31.0 Å². The number of amides is 2. The number of hydrogen-bond acceptors (Lipinski definition) is 4. The normalized spacial score (nSPS) is 18.8. The van der Waals surface area contributed by atoms with Crippen LogP contribution in [0.3, 0.4) is 0 Å². The van der Waals surface area contributed by atoms with E-state index in [0.717, 1.165) is 41.5 Å². The van der Waals surface area contributed by atoms with E-state index in [1.807, 2.05) is 48.5 Å². The minimum atomic E-state index is -0.662. The van der Waals surface area contributed by atoms with E-state index in [2.05, 4.69) is 22.6 Å². The molecule has 0 spiro atoms. The van der Waals surface area contributed by atoms with Crippen molar-refractivity contribution in [1.82, 2.24) is 10.2 Å². The van der Waals surface area contributed by atoms with Crippen molar-refractivity contribution in [3.63, 3.8) is 0 Å². The van der Waals surface area contributed by atoms with Crippen LogP contribution in [0.2, 0.25) is 0 Å². The number of anilines is 1. The maximum Gasteiger partial charge on any atom is 0.319 e. The highest BCUT2D eigenvalue weighted by molar-refractivity contribution is 7.85. The fourth-order valence-corrected chi connectivity index (χ4v) is 4.76. The molecule has 0 saturated carbocycles. The molecule has 1 heterocycles. The second-order valence-electron chi connectivity index (χ2n) is 7.02. The third-order valence-corrected chi connectivity index (χ3v) is 6.38. The van der Waals surface area contributed by atoms with E-state index in [1.54, 1.807) is 7.11 Å². The molecule has 1 saturated heterocycles. The van der Waals surface area contributed by atoms with Gasteiger partial charge >= 0.3 is 6.03 Å². The first-order chi connectivity index (χ1) is 13.5. The Hall–Kier alpha value is -2.38. The molecule has 150 valence electrons. The summed E-state index contributed by atoms with van der Waals surface area (Å²) in [6, 6.07) is 15.6. The van der Waals surface area contributed by atoms with Crippen LogP contribution in [-0.2, 0) is 23.9 Å². The second-order valence-corrected chi connectivity index (χ2v) is 8.64. The highest BCUT2D eigenvalue weighted by atomic mass is 32.2. The average molecular weight is 402 g/mol. The molecule has 2 aromatic rings. The third kappa shape index (κ3) is 5.81. The molecule has 1 aliphatic heterocycles. The molecule has 1 fully saturated rings. The van der Waals surface area contributed by atoms with Crippen molar-refractivity contribution >= 4 is 22.5 Å². The molecule has 2 amide bonds. The molecule has 0 bridgehead atoms. The Morgan fingerprint density at radius 2 is 1.82 bits per heavy atom. The van der Waals surface area contributed by atoms with Gasteiger partial charge in [-0.15, -0.1) is 0 Å². The lowest BCUT2D eigenvalue weighted by atomic mass is 10.1. The van der Waals surface area contributed by atoms with Crippen LogP contribution in [0.4, 0.5) is 10.5 Å². The fraction of sp³-hybridized carbons (Fsp3) is 0.381. The maximum atomic E-state index is 12.1. The molecule has 2 aromatic carbocycles. The molecular weight excluding hydrogens is 374 g/mol. The highest BCUT2D eigenvalue weighted by Crippen LogP contribution is 2.17. The molecule has 2 N–H and O–H groups in total. The minimum Gasteiger partial charge on any atom is -0.497 e. The summed E-state index contributed by atoms with van der Waals surface area (Å²) < 4.78 is 16.7. The standard InChI is InChI=1S/C21H27N3O3S/c1-24(19-11-12-28(26)15-19)14-17-3-7-18(8-4-17)23-21(25)22-13-16-5-9-20(27-2)10-6-16/h3-10,19H,11-15H2,1-2H3,(H2,22,23,25). The van der Waals surface area contributed by atoms with Crippen molar-refractivity contribution in [3.8, 4) is 5.75 Å². The lowest BCUT2D eigenvalue weighted by Gasteiger charge is -2.23. The van der Waals surface area contributed by atoms with Gasteiger partial charge in [-0.25, -0.2) is 4.79 Å². The largest absolute Gasteiger partial charge is 0.497 e. The number of rotatable bonds is 7. The van der Waals surface area contributed by atoms with Crippen molar-refractivity contribution in [3.05, 3.63) is 59.7 Å². The molecule has 0 aliphatic carbocycles. The Kier molecular flexibility index (Phi) is 7.06. The lowest BCUT2D eigenvalue weighted by molar-refractivity contribution is 0.251. The summed E-state index contributed by atoms with van der Waals surface area (Å²) in [7, 11) is 3.04. The predicted octanol–water partition coefficient (Wildman–Crippen LogP) is 2.97. The van der Waals surface area contributed by atoms with E-state index in [0.29, 0.717) is 12.6 Å². The third-order valence-electron chi connectivity index (χ3n) is 4.94. The maximum absolute atomic E-state index is 12.1. The number of carbonyl (C=O) groups excluding carboxylic acids is 1.